The minimum Gasteiger partial charge on any atom is -0.375 e. The van der Waals surface area contributed by atoms with Gasteiger partial charge >= 0.3 is 0 Å². The lowest BCUT2D eigenvalue weighted by molar-refractivity contribution is -0.0387. The molecule has 25 heavy (non-hydrogen) atoms. The Kier molecular flexibility index (Phi) is 5.64. The monoisotopic (exact) mass is 345 g/mol. The Hall–Kier alpha value is -1.59. The highest BCUT2D eigenvalue weighted by Gasteiger charge is 2.28. The smallest absolute Gasteiger partial charge is 0.254 e. The molecule has 2 atom stereocenters. The van der Waals surface area contributed by atoms with E-state index >= 15 is 0 Å². The van der Waals surface area contributed by atoms with Crippen molar-refractivity contribution in [3.05, 3.63) is 29.8 Å². The van der Waals surface area contributed by atoms with Crippen molar-refractivity contribution in [1.82, 2.24) is 9.80 Å². The molecule has 2 aliphatic rings. The van der Waals surface area contributed by atoms with E-state index in [1.165, 1.54) is 5.69 Å². The standard InChI is InChI=1S/C20H31N3O2/c1-15(2)21-9-11-22(12-10-21)19-7-5-18(6-8-19)20(24)23-13-17(4)25-14-16(23)3/h5-8,15-17H,9-14H2,1-4H3/t16-,17-/m1/s1. The first kappa shape index (κ1) is 18.2. The molecule has 138 valence electrons. The van der Waals surface area contributed by atoms with Crippen LogP contribution in [0.3, 0.4) is 0 Å². The van der Waals surface area contributed by atoms with Gasteiger partial charge in [-0.1, -0.05) is 0 Å². The van der Waals surface area contributed by atoms with Crippen molar-refractivity contribution in [1.29, 1.82) is 0 Å². The molecule has 0 radical (unpaired) electrons. The third-order valence-electron chi connectivity index (χ3n) is 5.39. The zero-order valence-electron chi connectivity index (χ0n) is 15.9. The maximum Gasteiger partial charge on any atom is 0.254 e. The summed E-state index contributed by atoms with van der Waals surface area (Å²) in [6.45, 7) is 14.1. The van der Waals surface area contributed by atoms with Crippen LogP contribution < -0.4 is 4.90 Å². The average Bonchev–Trinajstić information content (AvgIpc) is 2.63. The molecule has 1 aromatic carbocycles. The predicted octanol–water partition coefficient (Wildman–Crippen LogP) is 2.47. The molecule has 0 unspecified atom stereocenters. The van der Waals surface area contributed by atoms with Crippen molar-refractivity contribution in [3.8, 4) is 0 Å². The van der Waals surface area contributed by atoms with Gasteiger partial charge in [0.05, 0.1) is 18.8 Å². The van der Waals surface area contributed by atoms with Crippen LogP contribution >= 0.6 is 0 Å². The van der Waals surface area contributed by atoms with Crippen LogP contribution in [-0.2, 0) is 4.74 Å². The summed E-state index contributed by atoms with van der Waals surface area (Å²) in [4.78, 5) is 19.7. The third kappa shape index (κ3) is 4.15. The molecule has 5 nitrogen and oxygen atoms in total. The van der Waals surface area contributed by atoms with Crippen molar-refractivity contribution in [2.45, 2.75) is 45.9 Å². The highest BCUT2D eigenvalue weighted by Crippen LogP contribution is 2.20. The van der Waals surface area contributed by atoms with Crippen LogP contribution in [0.2, 0.25) is 0 Å². The summed E-state index contributed by atoms with van der Waals surface area (Å²) in [6, 6.07) is 8.87. The molecule has 2 fully saturated rings. The fraction of sp³-hybridized carbons (Fsp3) is 0.650. The van der Waals surface area contributed by atoms with Gasteiger partial charge in [-0.2, -0.15) is 0 Å². The average molecular weight is 345 g/mol. The summed E-state index contributed by atoms with van der Waals surface area (Å²) >= 11 is 0. The SMILES string of the molecule is CC(C)N1CCN(c2ccc(C(=O)N3C[C@@H](C)OC[C@H]3C)cc2)CC1. The second-order valence-corrected chi connectivity index (χ2v) is 7.61. The number of ether oxygens (including phenoxy) is 1. The lowest BCUT2D eigenvalue weighted by atomic mass is 10.1. The number of carbonyl (C=O) groups excluding carboxylic acids is 1. The van der Waals surface area contributed by atoms with Gasteiger partial charge in [-0.25, -0.2) is 0 Å². The first-order valence-corrected chi connectivity index (χ1v) is 9.47. The number of carbonyl (C=O) groups is 1. The van der Waals surface area contributed by atoms with E-state index in [2.05, 4.69) is 35.8 Å². The van der Waals surface area contributed by atoms with Gasteiger partial charge in [-0.3, -0.25) is 9.69 Å². The predicted molar refractivity (Wildman–Crippen MR) is 101 cm³/mol. The van der Waals surface area contributed by atoms with Crippen molar-refractivity contribution in [2.24, 2.45) is 0 Å². The molecule has 0 saturated carbocycles. The maximum absolute atomic E-state index is 12.8. The molecule has 2 saturated heterocycles. The van der Waals surface area contributed by atoms with E-state index in [-0.39, 0.29) is 18.1 Å². The van der Waals surface area contributed by atoms with E-state index < -0.39 is 0 Å². The quantitative estimate of drug-likeness (QED) is 0.843. The van der Waals surface area contributed by atoms with Gasteiger partial charge in [-0.15, -0.1) is 0 Å². The van der Waals surface area contributed by atoms with E-state index in [1.807, 2.05) is 30.9 Å². The number of hydrogen-bond donors (Lipinski definition) is 0. The summed E-state index contributed by atoms with van der Waals surface area (Å²) in [7, 11) is 0. The lowest BCUT2D eigenvalue weighted by Crippen LogP contribution is -2.50. The number of rotatable bonds is 3. The van der Waals surface area contributed by atoms with Crippen molar-refractivity contribution in [2.75, 3.05) is 44.2 Å². The largest absolute Gasteiger partial charge is 0.375 e. The summed E-state index contributed by atoms with van der Waals surface area (Å²) in [5.74, 6) is 0.110. The zero-order valence-corrected chi connectivity index (χ0v) is 15.9. The molecule has 0 N–H and O–H groups in total. The number of piperazine rings is 1. The highest BCUT2D eigenvalue weighted by atomic mass is 16.5. The van der Waals surface area contributed by atoms with Crippen LogP contribution in [0.4, 0.5) is 5.69 Å². The first-order chi connectivity index (χ1) is 12.0. The number of nitrogens with zero attached hydrogens (tertiary/aromatic N) is 3. The molecule has 2 aliphatic heterocycles. The molecule has 1 aromatic rings. The van der Waals surface area contributed by atoms with Crippen LogP contribution in [0, 0.1) is 0 Å². The lowest BCUT2D eigenvalue weighted by Gasteiger charge is -2.38. The summed E-state index contributed by atoms with van der Waals surface area (Å²) in [6.07, 6.45) is 0.108. The number of anilines is 1. The second-order valence-electron chi connectivity index (χ2n) is 7.61. The topological polar surface area (TPSA) is 36.0 Å². The van der Waals surface area contributed by atoms with Gasteiger partial charge in [0.2, 0.25) is 0 Å². The van der Waals surface area contributed by atoms with Crippen molar-refractivity contribution < 1.29 is 9.53 Å². The maximum atomic E-state index is 12.8. The Morgan fingerprint density at radius 3 is 2.32 bits per heavy atom. The molecule has 0 aliphatic carbocycles. The fourth-order valence-corrected chi connectivity index (χ4v) is 3.66. The Labute approximate surface area is 151 Å². The number of morpholine rings is 1. The molecule has 2 heterocycles. The minimum absolute atomic E-state index is 0.108. The van der Waals surface area contributed by atoms with Crippen molar-refractivity contribution >= 4 is 11.6 Å². The van der Waals surface area contributed by atoms with E-state index in [1.54, 1.807) is 0 Å². The normalized spacial score (nSPS) is 25.5. The molecule has 0 aromatic heterocycles. The van der Waals surface area contributed by atoms with Gasteiger partial charge in [0.15, 0.2) is 0 Å². The van der Waals surface area contributed by atoms with E-state index in [4.69, 9.17) is 4.74 Å². The van der Waals surface area contributed by atoms with E-state index in [0.29, 0.717) is 19.2 Å². The Morgan fingerprint density at radius 1 is 1.08 bits per heavy atom. The van der Waals surface area contributed by atoms with E-state index in [9.17, 15) is 4.79 Å². The van der Waals surface area contributed by atoms with Crippen LogP contribution in [0.15, 0.2) is 24.3 Å². The van der Waals surface area contributed by atoms with Crippen LogP contribution in [-0.4, -0.2) is 73.2 Å². The molecular weight excluding hydrogens is 314 g/mol. The Morgan fingerprint density at radius 2 is 1.72 bits per heavy atom. The number of benzene rings is 1. The highest BCUT2D eigenvalue weighted by molar-refractivity contribution is 5.94. The van der Waals surface area contributed by atoms with Gasteiger partial charge in [-0.05, 0) is 52.0 Å². The Bertz CT molecular complexity index is 579. The molecule has 3 rings (SSSR count). The molecule has 5 heteroatoms. The van der Waals surface area contributed by atoms with Crippen molar-refractivity contribution in [3.63, 3.8) is 0 Å². The zero-order chi connectivity index (χ0) is 18.0. The van der Waals surface area contributed by atoms with Gasteiger partial charge in [0.25, 0.3) is 5.91 Å². The number of hydrogen-bond acceptors (Lipinski definition) is 4. The fourth-order valence-electron chi connectivity index (χ4n) is 3.66. The van der Waals surface area contributed by atoms with Crippen LogP contribution in [0.5, 0.6) is 0 Å². The minimum atomic E-state index is 0.108. The number of amides is 1. The first-order valence-electron chi connectivity index (χ1n) is 9.47. The van der Waals surface area contributed by atoms with Gasteiger partial charge < -0.3 is 14.5 Å². The summed E-state index contributed by atoms with van der Waals surface area (Å²) in [5, 5.41) is 0. The second kappa shape index (κ2) is 7.75. The molecule has 0 spiro atoms. The van der Waals surface area contributed by atoms with Crippen LogP contribution in [0.25, 0.3) is 0 Å². The molecule has 1 amide bonds. The van der Waals surface area contributed by atoms with Gasteiger partial charge in [0, 0.05) is 50.0 Å². The summed E-state index contributed by atoms with van der Waals surface area (Å²) in [5.41, 5.74) is 1.98. The van der Waals surface area contributed by atoms with E-state index in [0.717, 1.165) is 31.7 Å². The summed E-state index contributed by atoms with van der Waals surface area (Å²) < 4.78 is 5.63. The van der Waals surface area contributed by atoms with Crippen LogP contribution in [0.1, 0.15) is 38.1 Å². The Balaban J connectivity index is 1.63. The molecule has 0 bridgehead atoms. The van der Waals surface area contributed by atoms with Gasteiger partial charge in [0.1, 0.15) is 0 Å². The third-order valence-corrected chi connectivity index (χ3v) is 5.39. The molecular formula is C20H31N3O2.